The summed E-state index contributed by atoms with van der Waals surface area (Å²) in [7, 11) is 0. The Morgan fingerprint density at radius 1 is 1.13 bits per heavy atom. The minimum absolute atomic E-state index is 0.0936. The van der Waals surface area contributed by atoms with Crippen molar-refractivity contribution < 1.29 is 28.8 Å². The van der Waals surface area contributed by atoms with Crippen LogP contribution in [-0.2, 0) is 23.7 Å². The second-order valence-electron chi connectivity index (χ2n) is 10.8. The number of carbonyl (C=O) groups is 1. The second kappa shape index (κ2) is 6.04. The van der Waals surface area contributed by atoms with Crippen molar-refractivity contribution in [3.63, 3.8) is 0 Å². The molecule has 1 N–H and O–H groups in total. The Balaban J connectivity index is 1.43. The first-order valence-corrected chi connectivity index (χ1v) is 11.4. The highest BCUT2D eigenvalue weighted by Crippen LogP contribution is 2.71. The van der Waals surface area contributed by atoms with Crippen molar-refractivity contribution in [1.29, 1.82) is 0 Å². The molecule has 0 bridgehead atoms. The molecule has 2 heterocycles. The van der Waals surface area contributed by atoms with E-state index in [2.05, 4.69) is 20.4 Å². The summed E-state index contributed by atoms with van der Waals surface area (Å²) < 4.78 is 24.0. The maximum absolute atomic E-state index is 12.2. The predicted molar refractivity (Wildman–Crippen MR) is 107 cm³/mol. The van der Waals surface area contributed by atoms with Crippen LogP contribution in [0.2, 0.25) is 0 Å². The number of ether oxygens (including phenoxy) is 4. The van der Waals surface area contributed by atoms with Gasteiger partial charge < -0.3 is 24.1 Å². The number of aliphatic hydroxyl groups excluding tert-OH is 1. The third kappa shape index (κ3) is 2.06. The highest BCUT2D eigenvalue weighted by atomic mass is 16.9. The Morgan fingerprint density at radius 2 is 1.93 bits per heavy atom. The number of hydrogen-bond donors (Lipinski definition) is 1. The zero-order valence-corrected chi connectivity index (χ0v) is 17.9. The van der Waals surface area contributed by atoms with Crippen molar-refractivity contribution in [3.8, 4) is 0 Å². The van der Waals surface area contributed by atoms with Gasteiger partial charge >= 0.3 is 0 Å². The zero-order valence-electron chi connectivity index (χ0n) is 17.9. The summed E-state index contributed by atoms with van der Waals surface area (Å²) in [6, 6.07) is 0. The molecule has 2 saturated heterocycles. The molecule has 6 heteroatoms. The monoisotopic (exact) mass is 416 g/mol. The largest absolute Gasteiger partial charge is 0.392 e. The van der Waals surface area contributed by atoms with E-state index in [9.17, 15) is 9.90 Å². The van der Waals surface area contributed by atoms with Crippen molar-refractivity contribution in [3.05, 3.63) is 23.8 Å². The summed E-state index contributed by atoms with van der Waals surface area (Å²) in [5.41, 5.74) is 0.954. The van der Waals surface area contributed by atoms with Crippen LogP contribution in [-0.4, -0.2) is 48.6 Å². The third-order valence-corrected chi connectivity index (χ3v) is 10.0. The van der Waals surface area contributed by atoms with E-state index >= 15 is 0 Å². The number of rotatable bonds is 0. The first-order chi connectivity index (χ1) is 14.3. The quantitative estimate of drug-likeness (QED) is 0.654. The minimum atomic E-state index is -0.928. The molecule has 5 fully saturated rings. The van der Waals surface area contributed by atoms with Crippen LogP contribution in [0.4, 0.5) is 0 Å². The lowest BCUT2D eigenvalue weighted by Gasteiger charge is -2.62. The van der Waals surface area contributed by atoms with Gasteiger partial charge in [-0.25, -0.2) is 0 Å². The number of ketones is 1. The van der Waals surface area contributed by atoms with Crippen molar-refractivity contribution in [2.75, 3.05) is 20.2 Å². The van der Waals surface area contributed by atoms with Crippen molar-refractivity contribution in [2.24, 2.45) is 28.6 Å². The highest BCUT2D eigenvalue weighted by molar-refractivity contribution is 5.92. The van der Waals surface area contributed by atoms with E-state index in [4.69, 9.17) is 18.9 Å². The van der Waals surface area contributed by atoms with Gasteiger partial charge in [0.1, 0.15) is 12.2 Å². The number of allylic oxidation sites excluding steroid dienone is 2. The van der Waals surface area contributed by atoms with Gasteiger partial charge in [-0.3, -0.25) is 4.79 Å². The molecule has 2 aliphatic heterocycles. The zero-order chi connectivity index (χ0) is 20.9. The van der Waals surface area contributed by atoms with Gasteiger partial charge in [0.05, 0.1) is 6.10 Å². The molecular weight excluding hydrogens is 384 g/mol. The van der Waals surface area contributed by atoms with Gasteiger partial charge in [0.25, 0.3) is 0 Å². The average Bonchev–Trinajstić information content (AvgIpc) is 3.41. The smallest absolute Gasteiger partial charge is 0.226 e. The van der Waals surface area contributed by atoms with E-state index in [0.29, 0.717) is 31.3 Å². The standard InChI is InChI=1S/C24H32O6/c1-14-8-16-17-5-7-23(24(30-13-28-23)11-27-12-29-24)22(17,3)20(26)10-19(16)21(2)6-4-15(25)9-18(14)21/h9,16-17,19-20,26H,1,4-8,10-13H2,2-3H3/t16-,17+,19+,20-,21-,22+,23+,24+/m0/s1. The first kappa shape index (κ1) is 19.6. The Labute approximate surface area is 177 Å². The maximum atomic E-state index is 12.2. The van der Waals surface area contributed by atoms with Gasteiger partial charge in [-0.05, 0) is 66.9 Å². The Morgan fingerprint density at radius 3 is 2.70 bits per heavy atom. The van der Waals surface area contributed by atoms with Gasteiger partial charge in [-0.15, -0.1) is 0 Å². The minimum Gasteiger partial charge on any atom is -0.392 e. The molecule has 8 atom stereocenters. The summed E-state index contributed by atoms with van der Waals surface area (Å²) in [4.78, 5) is 12.2. The lowest BCUT2D eigenvalue weighted by molar-refractivity contribution is -0.269. The summed E-state index contributed by atoms with van der Waals surface area (Å²) in [6.45, 7) is 9.59. The van der Waals surface area contributed by atoms with E-state index in [1.165, 1.54) is 0 Å². The van der Waals surface area contributed by atoms with E-state index in [1.54, 1.807) is 0 Å². The molecule has 6 nitrogen and oxygen atoms in total. The summed E-state index contributed by atoms with van der Waals surface area (Å²) in [5.74, 6) is 0.304. The molecule has 6 aliphatic rings. The highest BCUT2D eigenvalue weighted by Gasteiger charge is 2.78. The van der Waals surface area contributed by atoms with Gasteiger partial charge in [0, 0.05) is 11.8 Å². The van der Waals surface area contributed by atoms with Crippen LogP contribution in [0.15, 0.2) is 23.8 Å². The van der Waals surface area contributed by atoms with Gasteiger partial charge in [-0.2, -0.15) is 0 Å². The predicted octanol–water partition coefficient (Wildman–Crippen LogP) is 3.10. The summed E-state index contributed by atoms with van der Waals surface area (Å²) >= 11 is 0. The molecule has 0 aromatic carbocycles. The number of carbonyl (C=O) groups excluding carboxylic acids is 1. The van der Waals surface area contributed by atoms with Crippen LogP contribution in [0.3, 0.4) is 0 Å². The lowest BCUT2D eigenvalue weighted by atomic mass is 9.44. The lowest BCUT2D eigenvalue weighted by Crippen LogP contribution is -2.68. The van der Waals surface area contributed by atoms with Gasteiger partial charge in [0.15, 0.2) is 19.4 Å². The van der Waals surface area contributed by atoms with Crippen LogP contribution < -0.4 is 0 Å². The fourth-order valence-corrected chi connectivity index (χ4v) is 8.51. The van der Waals surface area contributed by atoms with E-state index < -0.39 is 22.9 Å². The summed E-state index contributed by atoms with van der Waals surface area (Å²) in [6.07, 6.45) is 6.08. The molecule has 30 heavy (non-hydrogen) atoms. The molecule has 0 radical (unpaired) electrons. The van der Waals surface area contributed by atoms with Gasteiger partial charge in [0.2, 0.25) is 5.79 Å². The first-order valence-electron chi connectivity index (χ1n) is 11.4. The van der Waals surface area contributed by atoms with Crippen LogP contribution >= 0.6 is 0 Å². The molecule has 0 aromatic heterocycles. The molecule has 164 valence electrons. The van der Waals surface area contributed by atoms with Crippen LogP contribution in [0.1, 0.15) is 52.4 Å². The van der Waals surface area contributed by atoms with Crippen molar-refractivity contribution in [2.45, 2.75) is 69.9 Å². The molecule has 0 unspecified atom stereocenters. The molecule has 0 amide bonds. The molecule has 2 spiro atoms. The van der Waals surface area contributed by atoms with Crippen LogP contribution in [0.5, 0.6) is 0 Å². The van der Waals surface area contributed by atoms with E-state index in [0.717, 1.165) is 36.8 Å². The Hall–Kier alpha value is -1.05. The van der Waals surface area contributed by atoms with Crippen molar-refractivity contribution in [1.82, 2.24) is 0 Å². The van der Waals surface area contributed by atoms with E-state index in [1.807, 2.05) is 6.08 Å². The molecule has 3 saturated carbocycles. The van der Waals surface area contributed by atoms with Crippen molar-refractivity contribution >= 4 is 5.78 Å². The SMILES string of the molecule is C=C1C[C@H]2[C@H]3CC[C@@]4(OCO[C@]45COCO5)[C@@]3(C)[C@@H](O)C[C@H]2[C@@]2(C)CCC(=O)C=C12. The fourth-order valence-electron chi connectivity index (χ4n) is 8.51. The summed E-state index contributed by atoms with van der Waals surface area (Å²) in [5, 5.41) is 11.7. The third-order valence-electron chi connectivity index (χ3n) is 10.0. The van der Waals surface area contributed by atoms with Crippen LogP contribution in [0, 0.1) is 28.6 Å². The number of aliphatic hydroxyl groups is 1. The number of fused-ring (bicyclic) bond motifs is 7. The fraction of sp³-hybridized carbons (Fsp3) is 0.792. The normalized spacial score (nSPS) is 55.0. The molecular formula is C24H32O6. The average molecular weight is 417 g/mol. The topological polar surface area (TPSA) is 74.2 Å². The Kier molecular flexibility index (Phi) is 3.95. The van der Waals surface area contributed by atoms with Crippen LogP contribution in [0.25, 0.3) is 0 Å². The Bertz CT molecular complexity index is 837. The second-order valence-corrected chi connectivity index (χ2v) is 10.8. The number of hydrogen-bond acceptors (Lipinski definition) is 6. The molecule has 6 rings (SSSR count). The maximum Gasteiger partial charge on any atom is 0.226 e. The molecule has 4 aliphatic carbocycles. The van der Waals surface area contributed by atoms with Gasteiger partial charge in [-0.1, -0.05) is 26.0 Å². The molecule has 0 aromatic rings. The van der Waals surface area contributed by atoms with E-state index in [-0.39, 0.29) is 30.7 Å².